The Morgan fingerprint density at radius 1 is 1.19 bits per heavy atom. The summed E-state index contributed by atoms with van der Waals surface area (Å²) >= 11 is 2.01. The third-order valence-electron chi connectivity index (χ3n) is 4.19. The van der Waals surface area contributed by atoms with Crippen LogP contribution in [0.4, 0.5) is 4.39 Å². The Bertz CT molecular complexity index is 488. The topological polar surface area (TPSA) is 32.3 Å². The molecule has 5 heteroatoms. The van der Waals surface area contributed by atoms with E-state index in [1.165, 1.54) is 36.5 Å². The number of hydrogen-bond acceptors (Lipinski definition) is 3. The van der Waals surface area contributed by atoms with E-state index in [0.29, 0.717) is 19.0 Å². The van der Waals surface area contributed by atoms with Crippen molar-refractivity contribution in [3.05, 3.63) is 35.6 Å². The van der Waals surface area contributed by atoms with Crippen molar-refractivity contribution in [2.45, 2.75) is 37.9 Å². The Labute approximate surface area is 129 Å². The number of rotatable bonds is 4. The van der Waals surface area contributed by atoms with Crippen molar-refractivity contribution < 1.29 is 9.18 Å². The Balaban J connectivity index is 1.53. The molecule has 0 radical (unpaired) electrons. The van der Waals surface area contributed by atoms with E-state index in [-0.39, 0.29) is 17.8 Å². The minimum Gasteiger partial charge on any atom is -0.337 e. The van der Waals surface area contributed by atoms with Gasteiger partial charge in [0.05, 0.1) is 0 Å². The zero-order chi connectivity index (χ0) is 14.7. The maximum Gasteiger partial charge on any atom is 0.224 e. The van der Waals surface area contributed by atoms with E-state index >= 15 is 0 Å². The molecule has 2 aliphatic heterocycles. The van der Waals surface area contributed by atoms with Crippen molar-refractivity contribution in [3.8, 4) is 0 Å². The van der Waals surface area contributed by atoms with Crippen LogP contribution in [-0.4, -0.2) is 40.9 Å². The van der Waals surface area contributed by atoms with Gasteiger partial charge in [0.15, 0.2) is 0 Å². The van der Waals surface area contributed by atoms with Crippen molar-refractivity contribution in [1.82, 2.24) is 10.2 Å². The van der Waals surface area contributed by atoms with Gasteiger partial charge in [0.25, 0.3) is 0 Å². The van der Waals surface area contributed by atoms with E-state index in [2.05, 4.69) is 5.32 Å². The molecule has 2 fully saturated rings. The normalized spacial score (nSPS) is 23.8. The van der Waals surface area contributed by atoms with Gasteiger partial charge < -0.3 is 10.2 Å². The third-order valence-corrected chi connectivity index (χ3v) is 5.24. The predicted octanol–water partition coefficient (Wildman–Crippen LogP) is 2.41. The molecule has 2 heterocycles. The van der Waals surface area contributed by atoms with Crippen LogP contribution in [-0.2, 0) is 11.3 Å². The van der Waals surface area contributed by atoms with Crippen molar-refractivity contribution in [3.63, 3.8) is 0 Å². The van der Waals surface area contributed by atoms with Crippen LogP contribution in [0.15, 0.2) is 24.3 Å². The van der Waals surface area contributed by atoms with Crippen LogP contribution >= 0.6 is 11.8 Å². The fourth-order valence-electron chi connectivity index (χ4n) is 3.04. The Kier molecular flexibility index (Phi) is 4.80. The molecule has 0 spiro atoms. The minimum absolute atomic E-state index is 0.196. The summed E-state index contributed by atoms with van der Waals surface area (Å²) in [6.07, 6.45) is 2.99. The van der Waals surface area contributed by atoms with E-state index < -0.39 is 0 Å². The summed E-state index contributed by atoms with van der Waals surface area (Å²) in [6, 6.07) is 7.24. The van der Waals surface area contributed by atoms with Gasteiger partial charge in [-0.25, -0.2) is 4.39 Å². The summed E-state index contributed by atoms with van der Waals surface area (Å²) in [5, 5.41) is 3.64. The van der Waals surface area contributed by atoms with Gasteiger partial charge in [0.2, 0.25) is 5.91 Å². The smallest absolute Gasteiger partial charge is 0.224 e. The Hall–Kier alpha value is -1.07. The highest BCUT2D eigenvalue weighted by atomic mass is 32.2. The van der Waals surface area contributed by atoms with Crippen LogP contribution in [0.25, 0.3) is 0 Å². The minimum atomic E-state index is -0.235. The highest BCUT2D eigenvalue weighted by Gasteiger charge is 2.31. The molecule has 1 amide bonds. The van der Waals surface area contributed by atoms with E-state index in [4.69, 9.17) is 0 Å². The Morgan fingerprint density at radius 3 is 2.62 bits per heavy atom. The molecule has 1 atom stereocenters. The molecule has 1 N–H and O–H groups in total. The first-order valence-electron chi connectivity index (χ1n) is 7.57. The molecule has 1 aromatic rings. The lowest BCUT2D eigenvalue weighted by molar-refractivity contribution is -0.128. The molecule has 3 nitrogen and oxygen atoms in total. The third kappa shape index (κ3) is 3.98. The lowest BCUT2D eigenvalue weighted by Gasteiger charge is -2.26. The van der Waals surface area contributed by atoms with Gasteiger partial charge >= 0.3 is 0 Å². The first-order valence-corrected chi connectivity index (χ1v) is 8.72. The van der Waals surface area contributed by atoms with Crippen molar-refractivity contribution in [2.24, 2.45) is 0 Å². The van der Waals surface area contributed by atoms with Gasteiger partial charge in [0.1, 0.15) is 5.82 Å². The van der Waals surface area contributed by atoms with Gasteiger partial charge in [-0.1, -0.05) is 12.1 Å². The van der Waals surface area contributed by atoms with Crippen LogP contribution in [0.5, 0.6) is 0 Å². The number of benzene rings is 1. The van der Waals surface area contributed by atoms with E-state index in [1.54, 1.807) is 12.1 Å². The van der Waals surface area contributed by atoms with Gasteiger partial charge in [-0.05, 0) is 42.0 Å². The zero-order valence-electron chi connectivity index (χ0n) is 12.1. The second-order valence-electron chi connectivity index (χ2n) is 5.86. The van der Waals surface area contributed by atoms with Crippen molar-refractivity contribution in [2.75, 3.05) is 18.1 Å². The second kappa shape index (κ2) is 6.79. The van der Waals surface area contributed by atoms with Crippen LogP contribution in [0.1, 0.15) is 24.8 Å². The molecule has 0 aliphatic carbocycles. The van der Waals surface area contributed by atoms with E-state index in [9.17, 15) is 9.18 Å². The van der Waals surface area contributed by atoms with Crippen LogP contribution < -0.4 is 5.32 Å². The largest absolute Gasteiger partial charge is 0.337 e. The number of nitrogens with one attached hydrogen (secondary N) is 1. The standard InChI is InChI=1S/C16H21FN2OS/c17-13-3-1-12(2-4-13)10-19-11-15(9-16(19)20)18-14-5-7-21-8-6-14/h1-4,14-15,18H,5-11H2/t15-/m1/s1. The lowest BCUT2D eigenvalue weighted by Crippen LogP contribution is -2.41. The van der Waals surface area contributed by atoms with Gasteiger partial charge in [-0.3, -0.25) is 4.79 Å². The van der Waals surface area contributed by atoms with Crippen molar-refractivity contribution >= 4 is 17.7 Å². The number of carbonyl (C=O) groups excluding carboxylic acids is 1. The van der Waals surface area contributed by atoms with Crippen molar-refractivity contribution in [1.29, 1.82) is 0 Å². The zero-order valence-corrected chi connectivity index (χ0v) is 12.9. The number of carbonyl (C=O) groups is 1. The average Bonchev–Trinajstić information content (AvgIpc) is 2.82. The fourth-order valence-corrected chi connectivity index (χ4v) is 4.15. The molecular weight excluding hydrogens is 287 g/mol. The van der Waals surface area contributed by atoms with E-state index in [0.717, 1.165) is 12.1 Å². The summed E-state index contributed by atoms with van der Waals surface area (Å²) in [5.74, 6) is 2.40. The summed E-state index contributed by atoms with van der Waals surface area (Å²) in [4.78, 5) is 14.0. The SMILES string of the molecule is O=C1C[C@@H](NC2CCSCC2)CN1Cc1ccc(F)cc1. The first kappa shape index (κ1) is 14.9. The number of amides is 1. The first-order chi connectivity index (χ1) is 10.2. The molecule has 2 saturated heterocycles. The summed E-state index contributed by atoms with van der Waals surface area (Å²) in [6.45, 7) is 1.34. The van der Waals surface area contributed by atoms with Gasteiger partial charge in [-0.2, -0.15) is 11.8 Å². The van der Waals surface area contributed by atoms with Crippen LogP contribution in [0, 0.1) is 5.82 Å². The van der Waals surface area contributed by atoms with Crippen LogP contribution in [0.3, 0.4) is 0 Å². The molecule has 1 aromatic carbocycles. The maximum atomic E-state index is 12.9. The molecule has 21 heavy (non-hydrogen) atoms. The molecule has 2 aliphatic rings. The summed E-state index contributed by atoms with van der Waals surface area (Å²) < 4.78 is 12.9. The molecule has 0 bridgehead atoms. The Morgan fingerprint density at radius 2 is 1.90 bits per heavy atom. The maximum absolute atomic E-state index is 12.9. The molecule has 114 valence electrons. The lowest BCUT2D eigenvalue weighted by atomic mass is 10.1. The van der Waals surface area contributed by atoms with Gasteiger partial charge in [0, 0.05) is 31.6 Å². The summed E-state index contributed by atoms with van der Waals surface area (Å²) in [5.41, 5.74) is 0.986. The quantitative estimate of drug-likeness (QED) is 0.927. The summed E-state index contributed by atoms with van der Waals surface area (Å²) in [7, 11) is 0. The molecule has 0 unspecified atom stereocenters. The molecular formula is C16H21FN2OS. The molecule has 3 rings (SSSR count). The number of halogens is 1. The second-order valence-corrected chi connectivity index (χ2v) is 7.08. The van der Waals surface area contributed by atoms with E-state index in [1.807, 2.05) is 16.7 Å². The molecule has 0 aromatic heterocycles. The average molecular weight is 308 g/mol. The number of nitrogens with zero attached hydrogens (tertiary/aromatic N) is 1. The fraction of sp³-hybridized carbons (Fsp3) is 0.562. The highest BCUT2D eigenvalue weighted by Crippen LogP contribution is 2.20. The number of hydrogen-bond donors (Lipinski definition) is 1. The predicted molar refractivity (Wildman–Crippen MR) is 83.7 cm³/mol. The number of thioether (sulfide) groups is 1. The highest BCUT2D eigenvalue weighted by molar-refractivity contribution is 7.99. The van der Waals surface area contributed by atoms with Crippen LogP contribution in [0.2, 0.25) is 0 Å². The van der Waals surface area contributed by atoms with Gasteiger partial charge in [-0.15, -0.1) is 0 Å². The molecule has 0 saturated carbocycles. The monoisotopic (exact) mass is 308 g/mol. The number of likely N-dealkylation sites (tertiary alicyclic amines) is 1.